The topological polar surface area (TPSA) is 75.3 Å². The van der Waals surface area contributed by atoms with Gasteiger partial charge < -0.3 is 16.2 Å². The first-order valence-corrected chi connectivity index (χ1v) is 2.89. The minimum Gasteiger partial charge on any atom is -0.465 e. The first-order chi connectivity index (χ1) is 4.16. The monoisotopic (exact) mass is 168 g/mol. The van der Waals surface area contributed by atoms with Gasteiger partial charge in [-0.3, -0.25) is 0 Å². The molecule has 0 fully saturated rings. The molecule has 4 nitrogen and oxygen atoms in total. The van der Waals surface area contributed by atoms with Crippen LogP contribution in [0.1, 0.15) is 13.3 Å². The molecule has 1 atom stereocenters. The van der Waals surface area contributed by atoms with Crippen molar-refractivity contribution in [2.45, 2.75) is 19.4 Å². The molecular formula is C5H13ClN2O2. The van der Waals surface area contributed by atoms with Crippen molar-refractivity contribution in [1.82, 2.24) is 5.32 Å². The lowest BCUT2D eigenvalue weighted by atomic mass is 10.2. The highest BCUT2D eigenvalue weighted by Gasteiger charge is 1.99. The molecule has 0 aliphatic heterocycles. The van der Waals surface area contributed by atoms with E-state index in [9.17, 15) is 4.79 Å². The maximum absolute atomic E-state index is 9.85. The third kappa shape index (κ3) is 7.52. The van der Waals surface area contributed by atoms with Gasteiger partial charge in [-0.2, -0.15) is 0 Å². The van der Waals surface area contributed by atoms with Crippen LogP contribution in [0.3, 0.4) is 0 Å². The van der Waals surface area contributed by atoms with Crippen LogP contribution in [0.25, 0.3) is 0 Å². The van der Waals surface area contributed by atoms with Gasteiger partial charge in [0.1, 0.15) is 0 Å². The van der Waals surface area contributed by atoms with Crippen LogP contribution in [0.15, 0.2) is 0 Å². The molecule has 0 aliphatic rings. The zero-order valence-corrected chi connectivity index (χ0v) is 6.65. The molecule has 0 heterocycles. The molecule has 1 unspecified atom stereocenters. The Kier molecular flexibility index (Phi) is 8.11. The predicted octanol–water partition coefficient (Wildman–Crippen LogP) is 0.413. The third-order valence-electron chi connectivity index (χ3n) is 1.04. The lowest BCUT2D eigenvalue weighted by Gasteiger charge is -2.06. The zero-order chi connectivity index (χ0) is 7.28. The molecule has 10 heavy (non-hydrogen) atoms. The van der Waals surface area contributed by atoms with Crippen LogP contribution in [-0.4, -0.2) is 23.8 Å². The van der Waals surface area contributed by atoms with Crippen LogP contribution >= 0.6 is 12.4 Å². The van der Waals surface area contributed by atoms with Gasteiger partial charge in [0.2, 0.25) is 0 Å². The van der Waals surface area contributed by atoms with Crippen molar-refractivity contribution in [3.63, 3.8) is 0 Å². The van der Waals surface area contributed by atoms with Gasteiger partial charge in [-0.15, -0.1) is 12.4 Å². The average molecular weight is 169 g/mol. The lowest BCUT2D eigenvalue weighted by Crippen LogP contribution is -2.35. The summed E-state index contributed by atoms with van der Waals surface area (Å²) in [7, 11) is 0. The number of halogens is 1. The summed E-state index contributed by atoms with van der Waals surface area (Å²) in [5, 5.41) is 10.3. The highest BCUT2D eigenvalue weighted by molar-refractivity contribution is 5.85. The van der Waals surface area contributed by atoms with E-state index in [1.165, 1.54) is 0 Å². The second-order valence-corrected chi connectivity index (χ2v) is 1.85. The first kappa shape index (κ1) is 12.2. The van der Waals surface area contributed by atoms with Gasteiger partial charge in [-0.1, -0.05) is 6.92 Å². The molecule has 0 saturated heterocycles. The third-order valence-corrected chi connectivity index (χ3v) is 1.04. The highest BCUT2D eigenvalue weighted by atomic mass is 35.5. The molecule has 1 amide bonds. The van der Waals surface area contributed by atoms with Crippen LogP contribution in [0.5, 0.6) is 0 Å². The maximum atomic E-state index is 9.85. The number of carboxylic acid groups (broad SMARTS) is 1. The Balaban J connectivity index is 0. The Morgan fingerprint density at radius 3 is 2.60 bits per heavy atom. The van der Waals surface area contributed by atoms with Crippen molar-refractivity contribution < 1.29 is 9.90 Å². The van der Waals surface area contributed by atoms with E-state index in [0.29, 0.717) is 6.54 Å². The Morgan fingerprint density at radius 2 is 2.30 bits per heavy atom. The van der Waals surface area contributed by atoms with Gasteiger partial charge in [-0.05, 0) is 6.42 Å². The Bertz CT molecular complexity index is 99.6. The summed E-state index contributed by atoms with van der Waals surface area (Å²) < 4.78 is 0. The van der Waals surface area contributed by atoms with Crippen LogP contribution in [-0.2, 0) is 0 Å². The molecule has 0 aromatic carbocycles. The molecule has 0 aromatic heterocycles. The minimum absolute atomic E-state index is 0. The summed E-state index contributed by atoms with van der Waals surface area (Å²) in [5.74, 6) is 0. The molecule has 0 radical (unpaired) electrons. The lowest BCUT2D eigenvalue weighted by molar-refractivity contribution is 0.193. The van der Waals surface area contributed by atoms with Gasteiger partial charge >= 0.3 is 6.09 Å². The Labute approximate surface area is 66.2 Å². The van der Waals surface area contributed by atoms with E-state index in [2.05, 4.69) is 5.32 Å². The summed E-state index contributed by atoms with van der Waals surface area (Å²) in [6, 6.07) is -0.0545. The van der Waals surface area contributed by atoms with E-state index in [0.717, 1.165) is 6.42 Å². The van der Waals surface area contributed by atoms with Crippen molar-refractivity contribution >= 4 is 18.5 Å². The van der Waals surface area contributed by atoms with Crippen molar-refractivity contribution in [3.8, 4) is 0 Å². The average Bonchev–Trinajstić information content (AvgIpc) is 1.83. The van der Waals surface area contributed by atoms with Crippen LogP contribution in [0.2, 0.25) is 0 Å². The molecule has 62 valence electrons. The summed E-state index contributed by atoms with van der Waals surface area (Å²) in [5.41, 5.74) is 5.40. The second kappa shape index (κ2) is 6.64. The van der Waals surface area contributed by atoms with Crippen LogP contribution < -0.4 is 11.1 Å². The van der Waals surface area contributed by atoms with Crippen LogP contribution in [0.4, 0.5) is 4.79 Å². The van der Waals surface area contributed by atoms with Crippen molar-refractivity contribution in [1.29, 1.82) is 0 Å². The van der Waals surface area contributed by atoms with Crippen molar-refractivity contribution in [2.75, 3.05) is 6.54 Å². The summed E-state index contributed by atoms with van der Waals surface area (Å²) >= 11 is 0. The predicted molar refractivity (Wildman–Crippen MR) is 41.5 cm³/mol. The molecule has 0 aliphatic carbocycles. The highest BCUT2D eigenvalue weighted by Crippen LogP contribution is 1.81. The van der Waals surface area contributed by atoms with Crippen molar-refractivity contribution in [3.05, 3.63) is 0 Å². The van der Waals surface area contributed by atoms with Gasteiger partial charge in [0.25, 0.3) is 0 Å². The number of rotatable bonds is 3. The molecule has 0 spiro atoms. The zero-order valence-electron chi connectivity index (χ0n) is 5.83. The standard InChI is InChI=1S/C5H12N2O2.ClH/c1-2-4(6)3-7-5(8)9;/h4,7H,2-3,6H2,1H3,(H,8,9);1H. The summed E-state index contributed by atoms with van der Waals surface area (Å²) in [6.45, 7) is 2.25. The van der Waals surface area contributed by atoms with Gasteiger partial charge in [-0.25, -0.2) is 4.79 Å². The molecule has 0 bridgehead atoms. The molecule has 4 N–H and O–H groups in total. The largest absolute Gasteiger partial charge is 0.465 e. The molecule has 0 saturated carbocycles. The quantitative estimate of drug-likeness (QED) is 0.572. The SMILES string of the molecule is CCC(N)CNC(=O)O.Cl. The number of hydrogen-bond donors (Lipinski definition) is 3. The Hall–Kier alpha value is -0.480. The fourth-order valence-electron chi connectivity index (χ4n) is 0.363. The van der Waals surface area contributed by atoms with E-state index in [-0.39, 0.29) is 18.4 Å². The number of amides is 1. The van der Waals surface area contributed by atoms with Gasteiger partial charge in [0.15, 0.2) is 0 Å². The number of hydrogen-bond acceptors (Lipinski definition) is 2. The molecule has 0 rings (SSSR count). The Morgan fingerprint density at radius 1 is 1.80 bits per heavy atom. The van der Waals surface area contributed by atoms with E-state index >= 15 is 0 Å². The molecule has 0 aromatic rings. The number of carbonyl (C=O) groups is 1. The number of nitrogens with one attached hydrogen (secondary N) is 1. The second-order valence-electron chi connectivity index (χ2n) is 1.85. The minimum atomic E-state index is -1.01. The molecular weight excluding hydrogens is 156 g/mol. The van der Waals surface area contributed by atoms with Crippen molar-refractivity contribution in [2.24, 2.45) is 5.73 Å². The fourth-order valence-corrected chi connectivity index (χ4v) is 0.363. The molecule has 5 heteroatoms. The normalized spacial score (nSPS) is 11.4. The fraction of sp³-hybridized carbons (Fsp3) is 0.800. The summed E-state index contributed by atoms with van der Waals surface area (Å²) in [6.07, 6.45) is -0.223. The van der Waals surface area contributed by atoms with E-state index in [4.69, 9.17) is 10.8 Å². The van der Waals surface area contributed by atoms with E-state index < -0.39 is 6.09 Å². The smallest absolute Gasteiger partial charge is 0.404 e. The maximum Gasteiger partial charge on any atom is 0.404 e. The van der Waals surface area contributed by atoms with E-state index in [1.807, 2.05) is 6.92 Å². The van der Waals surface area contributed by atoms with E-state index in [1.54, 1.807) is 0 Å². The van der Waals surface area contributed by atoms with Gasteiger partial charge in [0, 0.05) is 12.6 Å². The first-order valence-electron chi connectivity index (χ1n) is 2.89. The number of nitrogens with two attached hydrogens (primary N) is 1. The van der Waals surface area contributed by atoms with Gasteiger partial charge in [0.05, 0.1) is 0 Å². The van der Waals surface area contributed by atoms with Crippen LogP contribution in [0, 0.1) is 0 Å². The summed E-state index contributed by atoms with van der Waals surface area (Å²) in [4.78, 5) is 9.85.